The molecule has 1 aliphatic carbocycles. The van der Waals surface area contributed by atoms with Crippen molar-refractivity contribution in [1.82, 2.24) is 10.6 Å². The lowest BCUT2D eigenvalue weighted by Gasteiger charge is -2.27. The fraction of sp³-hybridized carbons (Fsp3) is 0.538. The van der Waals surface area contributed by atoms with Crippen LogP contribution in [0.5, 0.6) is 0 Å². The van der Waals surface area contributed by atoms with Crippen LogP contribution < -0.4 is 10.6 Å². The molecule has 0 spiro atoms. The Kier molecular flexibility index (Phi) is 4.82. The summed E-state index contributed by atoms with van der Waals surface area (Å²) < 4.78 is 5.54. The largest absolute Gasteiger partial charge is 0.444 e. The van der Waals surface area contributed by atoms with Crippen molar-refractivity contribution in [1.29, 1.82) is 0 Å². The number of amides is 2. The van der Waals surface area contributed by atoms with E-state index < -0.39 is 11.4 Å². The lowest BCUT2D eigenvalue weighted by atomic mass is 9.99. The number of rotatable bonds is 5. The molecule has 2 amide bonds. The van der Waals surface area contributed by atoms with Crippen molar-refractivity contribution in [2.75, 3.05) is 13.2 Å². The predicted octanol–water partition coefficient (Wildman–Crippen LogP) is 1.19. The van der Waals surface area contributed by atoms with Gasteiger partial charge in [-0.25, -0.2) is 0 Å². The normalized spacial score (nSPS) is 16.9. The summed E-state index contributed by atoms with van der Waals surface area (Å²) in [6.45, 7) is -0.212. The van der Waals surface area contributed by atoms with Gasteiger partial charge >= 0.3 is 0 Å². The molecule has 0 saturated heterocycles. The first-order valence-electron chi connectivity index (χ1n) is 6.50. The van der Waals surface area contributed by atoms with E-state index in [2.05, 4.69) is 26.6 Å². The van der Waals surface area contributed by atoms with Gasteiger partial charge in [0.1, 0.15) is 0 Å². The standard InChI is InChI=1S/C13H17BrN2O4/c14-10-4-3-9(20-10)12(19)15-7-11(18)16-13(8-17)5-1-2-6-13/h3-4,17H,1-2,5-8H2,(H,15,19)(H,16,18). The molecule has 20 heavy (non-hydrogen) atoms. The minimum atomic E-state index is -0.518. The summed E-state index contributed by atoms with van der Waals surface area (Å²) in [5.41, 5.74) is -0.518. The van der Waals surface area contributed by atoms with Crippen LogP contribution in [0.1, 0.15) is 36.2 Å². The van der Waals surface area contributed by atoms with E-state index in [-0.39, 0.29) is 24.8 Å². The van der Waals surface area contributed by atoms with Crippen LogP contribution in [-0.4, -0.2) is 35.6 Å². The number of nitrogens with one attached hydrogen (secondary N) is 2. The van der Waals surface area contributed by atoms with E-state index in [0.29, 0.717) is 4.67 Å². The number of furan rings is 1. The van der Waals surface area contributed by atoms with E-state index in [1.807, 2.05) is 0 Å². The molecule has 7 heteroatoms. The molecule has 1 saturated carbocycles. The highest BCUT2D eigenvalue weighted by atomic mass is 79.9. The van der Waals surface area contributed by atoms with Gasteiger partial charge in [-0.15, -0.1) is 0 Å². The summed E-state index contributed by atoms with van der Waals surface area (Å²) in [5.74, 6) is -0.613. The highest BCUT2D eigenvalue weighted by Gasteiger charge is 2.34. The van der Waals surface area contributed by atoms with Gasteiger partial charge in [-0.1, -0.05) is 12.8 Å². The summed E-state index contributed by atoms with van der Waals surface area (Å²) in [6, 6.07) is 3.12. The van der Waals surface area contributed by atoms with Crippen LogP contribution in [-0.2, 0) is 4.79 Å². The first kappa shape index (κ1) is 15.1. The first-order chi connectivity index (χ1) is 9.54. The van der Waals surface area contributed by atoms with Gasteiger partial charge in [0.2, 0.25) is 5.91 Å². The van der Waals surface area contributed by atoms with E-state index >= 15 is 0 Å². The van der Waals surface area contributed by atoms with Crippen molar-refractivity contribution in [2.24, 2.45) is 0 Å². The topological polar surface area (TPSA) is 91.6 Å². The number of carbonyl (C=O) groups is 2. The molecular weight excluding hydrogens is 328 g/mol. The summed E-state index contributed by atoms with van der Waals surface area (Å²) in [6.07, 6.45) is 3.53. The monoisotopic (exact) mass is 344 g/mol. The molecule has 0 unspecified atom stereocenters. The van der Waals surface area contributed by atoms with Gasteiger partial charge in [-0.3, -0.25) is 9.59 Å². The van der Waals surface area contributed by atoms with E-state index in [4.69, 9.17) is 4.42 Å². The molecule has 6 nitrogen and oxygen atoms in total. The Morgan fingerprint density at radius 3 is 2.60 bits per heavy atom. The maximum absolute atomic E-state index is 11.8. The maximum atomic E-state index is 11.8. The van der Waals surface area contributed by atoms with Crippen molar-refractivity contribution in [3.63, 3.8) is 0 Å². The van der Waals surface area contributed by atoms with Gasteiger partial charge in [0.05, 0.1) is 18.7 Å². The van der Waals surface area contributed by atoms with Crippen LogP contribution in [0.2, 0.25) is 0 Å². The van der Waals surface area contributed by atoms with Crippen molar-refractivity contribution in [3.8, 4) is 0 Å². The molecule has 0 atom stereocenters. The van der Waals surface area contributed by atoms with Crippen LogP contribution in [0.25, 0.3) is 0 Å². The summed E-state index contributed by atoms with van der Waals surface area (Å²) in [5, 5.41) is 14.7. The van der Waals surface area contributed by atoms with Crippen molar-refractivity contribution < 1.29 is 19.1 Å². The number of carbonyl (C=O) groups excluding carboxylic acids is 2. The number of hydrogen-bond donors (Lipinski definition) is 3. The van der Waals surface area contributed by atoms with Crippen LogP contribution in [0.3, 0.4) is 0 Å². The number of aliphatic hydroxyl groups is 1. The third-order valence-electron chi connectivity index (χ3n) is 3.47. The fourth-order valence-corrected chi connectivity index (χ4v) is 2.70. The van der Waals surface area contributed by atoms with Crippen LogP contribution in [0.4, 0.5) is 0 Å². The average molecular weight is 345 g/mol. The molecule has 3 N–H and O–H groups in total. The lowest BCUT2D eigenvalue weighted by molar-refractivity contribution is -0.122. The van der Waals surface area contributed by atoms with Crippen molar-refractivity contribution >= 4 is 27.7 Å². The number of aliphatic hydroxyl groups excluding tert-OH is 1. The predicted molar refractivity (Wildman–Crippen MR) is 75.2 cm³/mol. The second kappa shape index (κ2) is 6.41. The van der Waals surface area contributed by atoms with Crippen LogP contribution in [0.15, 0.2) is 21.2 Å². The summed E-state index contributed by atoms with van der Waals surface area (Å²) in [4.78, 5) is 23.5. The molecule has 0 radical (unpaired) electrons. The van der Waals surface area contributed by atoms with E-state index in [1.54, 1.807) is 6.07 Å². The van der Waals surface area contributed by atoms with Gasteiger partial charge in [0.15, 0.2) is 10.4 Å². The van der Waals surface area contributed by atoms with Gasteiger partial charge in [-0.05, 0) is 40.9 Å². The third-order valence-corrected chi connectivity index (χ3v) is 3.90. The molecule has 2 rings (SSSR count). The van der Waals surface area contributed by atoms with Gasteiger partial charge in [0.25, 0.3) is 5.91 Å². The van der Waals surface area contributed by atoms with Gasteiger partial charge in [-0.2, -0.15) is 0 Å². The molecule has 1 aromatic heterocycles. The van der Waals surface area contributed by atoms with Crippen LogP contribution >= 0.6 is 15.9 Å². The molecule has 110 valence electrons. The zero-order valence-corrected chi connectivity index (χ0v) is 12.5. The van der Waals surface area contributed by atoms with Gasteiger partial charge < -0.3 is 20.2 Å². The third kappa shape index (κ3) is 3.61. The minimum absolute atomic E-state index is 0.0716. The SMILES string of the molecule is O=C(CNC(=O)c1ccc(Br)o1)NC1(CO)CCCC1. The van der Waals surface area contributed by atoms with Gasteiger partial charge in [0, 0.05) is 0 Å². The average Bonchev–Trinajstić information content (AvgIpc) is 3.06. The minimum Gasteiger partial charge on any atom is -0.444 e. The highest BCUT2D eigenvalue weighted by Crippen LogP contribution is 2.28. The van der Waals surface area contributed by atoms with E-state index in [9.17, 15) is 14.7 Å². The Morgan fingerprint density at radius 2 is 2.05 bits per heavy atom. The fourth-order valence-electron chi connectivity index (χ4n) is 2.40. The van der Waals surface area contributed by atoms with E-state index in [1.165, 1.54) is 6.07 Å². The maximum Gasteiger partial charge on any atom is 0.287 e. The highest BCUT2D eigenvalue weighted by molar-refractivity contribution is 9.10. The molecule has 0 aliphatic heterocycles. The summed E-state index contributed by atoms with van der Waals surface area (Å²) >= 11 is 3.10. The lowest BCUT2D eigenvalue weighted by Crippen LogP contribution is -2.52. The van der Waals surface area contributed by atoms with Crippen LogP contribution in [0, 0.1) is 0 Å². The molecule has 1 aromatic rings. The molecule has 1 aliphatic rings. The van der Waals surface area contributed by atoms with Crippen molar-refractivity contribution in [2.45, 2.75) is 31.2 Å². The molecule has 1 fully saturated rings. The summed E-state index contributed by atoms with van der Waals surface area (Å²) in [7, 11) is 0. The smallest absolute Gasteiger partial charge is 0.287 e. The molecule has 0 bridgehead atoms. The molecular formula is C13H17BrN2O4. The Morgan fingerprint density at radius 1 is 1.35 bits per heavy atom. The Bertz CT molecular complexity index is 494. The number of hydrogen-bond acceptors (Lipinski definition) is 4. The quantitative estimate of drug-likeness (QED) is 0.748. The Hall–Kier alpha value is -1.34. The zero-order valence-electron chi connectivity index (χ0n) is 10.9. The first-order valence-corrected chi connectivity index (χ1v) is 7.29. The molecule has 0 aromatic carbocycles. The molecule has 1 heterocycles. The second-order valence-electron chi connectivity index (χ2n) is 4.98. The number of halogens is 1. The Balaban J connectivity index is 1.81. The van der Waals surface area contributed by atoms with E-state index in [0.717, 1.165) is 25.7 Å². The van der Waals surface area contributed by atoms with Crippen molar-refractivity contribution in [3.05, 3.63) is 22.6 Å². The Labute approximate surface area is 125 Å². The second-order valence-corrected chi connectivity index (χ2v) is 5.76. The zero-order chi connectivity index (χ0) is 14.6.